The normalized spacial score (nSPS) is 10.7. The molecule has 0 atom stereocenters. The number of benzene rings is 3. The Bertz CT molecular complexity index is 927. The van der Waals surface area contributed by atoms with Gasteiger partial charge in [0.15, 0.2) is 5.78 Å². The van der Waals surface area contributed by atoms with E-state index < -0.39 is 5.97 Å². The third-order valence-electron chi connectivity index (χ3n) is 3.66. The number of ketones is 1. The minimum absolute atomic E-state index is 0.0659. The summed E-state index contributed by atoms with van der Waals surface area (Å²) in [6.07, 6.45) is 3.24. The molecule has 0 aliphatic carbocycles. The first-order chi connectivity index (χ1) is 12.6. The monoisotopic (exact) mass is 362 g/mol. The molecule has 0 heterocycles. The lowest BCUT2D eigenvalue weighted by Gasteiger charge is -2.04. The summed E-state index contributed by atoms with van der Waals surface area (Å²) in [5.74, 6) is -0.0930. The molecule has 0 aromatic heterocycles. The molecule has 128 valence electrons. The number of esters is 1. The number of carbonyl (C=O) groups is 2. The number of hydrogen-bond acceptors (Lipinski definition) is 3. The zero-order chi connectivity index (χ0) is 18.4. The van der Waals surface area contributed by atoms with E-state index in [2.05, 4.69) is 0 Å². The van der Waals surface area contributed by atoms with Gasteiger partial charge in [-0.15, -0.1) is 0 Å². The Labute approximate surface area is 156 Å². The van der Waals surface area contributed by atoms with Crippen LogP contribution in [0, 0.1) is 0 Å². The van der Waals surface area contributed by atoms with E-state index in [1.165, 1.54) is 6.08 Å². The van der Waals surface area contributed by atoms with Crippen molar-refractivity contribution in [2.75, 3.05) is 0 Å². The maximum atomic E-state index is 12.1. The van der Waals surface area contributed by atoms with Gasteiger partial charge in [-0.05, 0) is 48.0 Å². The summed E-state index contributed by atoms with van der Waals surface area (Å²) in [5, 5.41) is 0.558. The van der Waals surface area contributed by atoms with Crippen molar-refractivity contribution in [3.8, 4) is 5.75 Å². The number of rotatable bonds is 5. The fraction of sp³-hybridized carbons (Fsp3) is 0. The van der Waals surface area contributed by atoms with Crippen LogP contribution in [0.25, 0.3) is 6.08 Å². The Morgan fingerprint density at radius 2 is 1.42 bits per heavy atom. The van der Waals surface area contributed by atoms with E-state index in [9.17, 15) is 9.59 Å². The molecule has 0 N–H and O–H groups in total. The summed E-state index contributed by atoms with van der Waals surface area (Å²) >= 11 is 5.80. The molecule has 0 spiro atoms. The molecule has 3 aromatic rings. The molecule has 0 fully saturated rings. The number of hydrogen-bond donors (Lipinski definition) is 0. The highest BCUT2D eigenvalue weighted by molar-refractivity contribution is 6.30. The van der Waals surface area contributed by atoms with Gasteiger partial charge in [-0.2, -0.15) is 0 Å². The van der Waals surface area contributed by atoms with Crippen LogP contribution in [-0.2, 0) is 0 Å². The topological polar surface area (TPSA) is 43.4 Å². The van der Waals surface area contributed by atoms with Gasteiger partial charge in [-0.1, -0.05) is 60.1 Å². The SMILES string of the molecule is O=C(C=Cc1ccc(OC(=O)c2ccc(Cl)cc2)cc1)c1ccccc1. The molecule has 0 aliphatic rings. The first kappa shape index (κ1) is 17.6. The van der Waals surface area contributed by atoms with Crippen LogP contribution in [-0.4, -0.2) is 11.8 Å². The summed E-state index contributed by atoms with van der Waals surface area (Å²) in [6.45, 7) is 0. The van der Waals surface area contributed by atoms with E-state index in [4.69, 9.17) is 16.3 Å². The first-order valence-corrected chi connectivity index (χ1v) is 8.35. The molecular weight excluding hydrogens is 348 g/mol. The van der Waals surface area contributed by atoms with Crippen molar-refractivity contribution in [3.63, 3.8) is 0 Å². The van der Waals surface area contributed by atoms with E-state index >= 15 is 0 Å². The second-order valence-electron chi connectivity index (χ2n) is 5.53. The predicted molar refractivity (Wildman–Crippen MR) is 103 cm³/mol. The Hall–Kier alpha value is -3.17. The van der Waals surface area contributed by atoms with E-state index in [0.29, 0.717) is 21.9 Å². The van der Waals surface area contributed by atoms with Crippen LogP contribution < -0.4 is 4.74 Å². The van der Waals surface area contributed by atoms with E-state index in [1.54, 1.807) is 66.7 Å². The molecule has 4 heteroatoms. The van der Waals surface area contributed by atoms with Gasteiger partial charge >= 0.3 is 5.97 Å². The van der Waals surface area contributed by atoms with Gasteiger partial charge in [0.25, 0.3) is 0 Å². The third kappa shape index (κ3) is 4.68. The van der Waals surface area contributed by atoms with Crippen LogP contribution in [0.5, 0.6) is 5.75 Å². The third-order valence-corrected chi connectivity index (χ3v) is 3.91. The standard InChI is InChI=1S/C22H15ClO3/c23-19-11-9-18(10-12-19)22(25)26-20-13-6-16(7-14-20)8-15-21(24)17-4-2-1-3-5-17/h1-15H. The molecule has 0 radical (unpaired) electrons. The molecular formula is C22H15ClO3. The lowest BCUT2D eigenvalue weighted by atomic mass is 10.1. The summed E-state index contributed by atoms with van der Waals surface area (Å²) < 4.78 is 5.32. The molecule has 0 saturated heterocycles. The minimum Gasteiger partial charge on any atom is -0.423 e. The minimum atomic E-state index is -0.454. The van der Waals surface area contributed by atoms with Gasteiger partial charge in [-0.3, -0.25) is 4.79 Å². The summed E-state index contributed by atoms with van der Waals surface area (Å²) in [4.78, 5) is 24.1. The van der Waals surface area contributed by atoms with Gasteiger partial charge < -0.3 is 4.74 Å². The van der Waals surface area contributed by atoms with Gasteiger partial charge in [0.05, 0.1) is 5.56 Å². The molecule has 3 rings (SSSR count). The summed E-state index contributed by atoms with van der Waals surface area (Å²) in [7, 11) is 0. The second kappa shape index (κ2) is 8.28. The van der Waals surface area contributed by atoms with Gasteiger partial charge in [0.2, 0.25) is 0 Å². The maximum absolute atomic E-state index is 12.1. The number of ether oxygens (including phenoxy) is 1. The van der Waals surface area contributed by atoms with Crippen molar-refractivity contribution < 1.29 is 14.3 Å². The van der Waals surface area contributed by atoms with Crippen LogP contribution in [0.3, 0.4) is 0 Å². The maximum Gasteiger partial charge on any atom is 0.343 e. The molecule has 0 amide bonds. The molecule has 0 unspecified atom stereocenters. The van der Waals surface area contributed by atoms with Gasteiger partial charge in [0.1, 0.15) is 5.75 Å². The molecule has 26 heavy (non-hydrogen) atoms. The Kier molecular flexibility index (Phi) is 5.62. The molecule has 3 aromatic carbocycles. The summed E-state index contributed by atoms with van der Waals surface area (Å²) in [5.41, 5.74) is 1.89. The van der Waals surface area contributed by atoms with Crippen molar-refractivity contribution >= 4 is 29.4 Å². The van der Waals surface area contributed by atoms with E-state index in [0.717, 1.165) is 5.56 Å². The number of carbonyl (C=O) groups excluding carboxylic acids is 2. The van der Waals surface area contributed by atoms with Crippen molar-refractivity contribution in [2.45, 2.75) is 0 Å². The van der Waals surface area contributed by atoms with Crippen LogP contribution in [0.2, 0.25) is 5.02 Å². The fourth-order valence-corrected chi connectivity index (χ4v) is 2.40. The first-order valence-electron chi connectivity index (χ1n) is 7.97. The largest absolute Gasteiger partial charge is 0.423 e. The van der Waals surface area contributed by atoms with Crippen LogP contribution in [0.1, 0.15) is 26.3 Å². The van der Waals surface area contributed by atoms with Crippen molar-refractivity contribution in [1.82, 2.24) is 0 Å². The number of halogens is 1. The summed E-state index contributed by atoms with van der Waals surface area (Å²) in [6, 6.07) is 22.5. The Balaban J connectivity index is 1.63. The highest BCUT2D eigenvalue weighted by Gasteiger charge is 2.08. The van der Waals surface area contributed by atoms with Crippen LogP contribution in [0.4, 0.5) is 0 Å². The van der Waals surface area contributed by atoms with Crippen LogP contribution >= 0.6 is 11.6 Å². The van der Waals surface area contributed by atoms with Gasteiger partial charge in [0, 0.05) is 10.6 Å². The predicted octanol–water partition coefficient (Wildman–Crippen LogP) is 5.46. The molecule has 0 aliphatic heterocycles. The molecule has 0 saturated carbocycles. The lowest BCUT2D eigenvalue weighted by molar-refractivity contribution is 0.0734. The van der Waals surface area contributed by atoms with E-state index in [-0.39, 0.29) is 5.78 Å². The highest BCUT2D eigenvalue weighted by Crippen LogP contribution is 2.17. The van der Waals surface area contributed by atoms with Crippen molar-refractivity contribution in [3.05, 3.63) is 107 Å². The van der Waals surface area contributed by atoms with Gasteiger partial charge in [-0.25, -0.2) is 4.79 Å². The quantitative estimate of drug-likeness (QED) is 0.262. The smallest absolute Gasteiger partial charge is 0.343 e. The molecule has 3 nitrogen and oxygen atoms in total. The average molecular weight is 363 g/mol. The average Bonchev–Trinajstić information content (AvgIpc) is 2.68. The zero-order valence-corrected chi connectivity index (χ0v) is 14.5. The molecule has 0 bridgehead atoms. The van der Waals surface area contributed by atoms with Crippen molar-refractivity contribution in [2.24, 2.45) is 0 Å². The highest BCUT2D eigenvalue weighted by atomic mass is 35.5. The van der Waals surface area contributed by atoms with E-state index in [1.807, 2.05) is 18.2 Å². The second-order valence-corrected chi connectivity index (χ2v) is 5.97. The Morgan fingerprint density at radius 1 is 0.769 bits per heavy atom. The Morgan fingerprint density at radius 3 is 2.08 bits per heavy atom. The van der Waals surface area contributed by atoms with Crippen LogP contribution in [0.15, 0.2) is 84.9 Å². The zero-order valence-electron chi connectivity index (χ0n) is 13.8. The fourth-order valence-electron chi connectivity index (χ4n) is 2.27. The number of allylic oxidation sites excluding steroid dienone is 1. The lowest BCUT2D eigenvalue weighted by Crippen LogP contribution is -2.08. The van der Waals surface area contributed by atoms with Crippen molar-refractivity contribution in [1.29, 1.82) is 0 Å².